The molecule has 0 unspecified atom stereocenters. The number of H-pyrrole nitrogens is 1. The first-order valence-electron chi connectivity index (χ1n) is 6.47. The second-order valence-electron chi connectivity index (χ2n) is 4.77. The average Bonchev–Trinajstić information content (AvgIpc) is 2.92. The smallest absolute Gasteiger partial charge is 0.246 e. The van der Waals surface area contributed by atoms with Crippen LogP contribution in [0.1, 0.15) is 5.56 Å². The highest BCUT2D eigenvalue weighted by atomic mass is 32.2. The van der Waals surface area contributed by atoms with Crippen LogP contribution in [0.5, 0.6) is 0 Å². The van der Waals surface area contributed by atoms with Crippen molar-refractivity contribution in [3.8, 4) is 0 Å². The number of halogens is 2. The molecule has 3 aromatic rings. The van der Waals surface area contributed by atoms with Crippen LogP contribution >= 0.6 is 0 Å². The zero-order valence-corrected chi connectivity index (χ0v) is 12.1. The monoisotopic (exact) mass is 322 g/mol. The summed E-state index contributed by atoms with van der Waals surface area (Å²) in [6.45, 7) is -0.0583. The quantitative estimate of drug-likeness (QED) is 0.776. The maximum absolute atomic E-state index is 13.6. The lowest BCUT2D eigenvalue weighted by Gasteiger charge is -2.08. The van der Waals surface area contributed by atoms with Crippen molar-refractivity contribution in [2.75, 3.05) is 0 Å². The molecule has 0 saturated heterocycles. The van der Waals surface area contributed by atoms with E-state index in [2.05, 4.69) is 9.71 Å². The Morgan fingerprint density at radius 3 is 2.50 bits per heavy atom. The highest BCUT2D eigenvalue weighted by Gasteiger charge is 2.23. The van der Waals surface area contributed by atoms with E-state index in [4.69, 9.17) is 0 Å². The van der Waals surface area contributed by atoms with Crippen LogP contribution < -0.4 is 4.72 Å². The van der Waals surface area contributed by atoms with Gasteiger partial charge in [0.05, 0.1) is 0 Å². The summed E-state index contributed by atoms with van der Waals surface area (Å²) in [5.74, 6) is -2.23. The predicted molar refractivity (Wildman–Crippen MR) is 78.7 cm³/mol. The topological polar surface area (TPSA) is 62.0 Å². The van der Waals surface area contributed by atoms with E-state index in [-0.39, 0.29) is 6.54 Å². The fourth-order valence-electron chi connectivity index (χ4n) is 2.20. The molecule has 0 radical (unpaired) electrons. The molecule has 0 fully saturated rings. The van der Waals surface area contributed by atoms with Crippen LogP contribution in [0.4, 0.5) is 8.78 Å². The SMILES string of the molecule is O=S(=O)(NCc1ccc2[nH]ccc2c1)c1c(F)cccc1F. The van der Waals surface area contributed by atoms with Crippen LogP contribution in [0.25, 0.3) is 10.9 Å². The number of sulfonamides is 1. The Morgan fingerprint density at radius 1 is 1.05 bits per heavy atom. The lowest BCUT2D eigenvalue weighted by atomic mass is 10.1. The number of hydrogen-bond acceptors (Lipinski definition) is 2. The molecule has 2 N–H and O–H groups in total. The largest absolute Gasteiger partial charge is 0.361 e. The molecule has 1 heterocycles. The van der Waals surface area contributed by atoms with Crippen LogP contribution in [0.3, 0.4) is 0 Å². The van der Waals surface area contributed by atoms with Crippen LogP contribution in [-0.4, -0.2) is 13.4 Å². The zero-order chi connectivity index (χ0) is 15.7. The minimum absolute atomic E-state index is 0.0583. The zero-order valence-electron chi connectivity index (χ0n) is 11.3. The molecule has 2 aromatic carbocycles. The van der Waals surface area contributed by atoms with Gasteiger partial charge in [0.2, 0.25) is 10.0 Å². The van der Waals surface area contributed by atoms with Crippen LogP contribution in [0, 0.1) is 11.6 Å². The third kappa shape index (κ3) is 2.72. The Kier molecular flexibility index (Phi) is 3.67. The highest BCUT2D eigenvalue weighted by molar-refractivity contribution is 7.89. The average molecular weight is 322 g/mol. The van der Waals surface area contributed by atoms with Gasteiger partial charge in [0.15, 0.2) is 4.90 Å². The molecule has 0 aliphatic carbocycles. The lowest BCUT2D eigenvalue weighted by Crippen LogP contribution is -2.25. The first kappa shape index (κ1) is 14.7. The number of aromatic amines is 1. The van der Waals surface area contributed by atoms with E-state index in [1.807, 2.05) is 12.1 Å². The molecular weight excluding hydrogens is 310 g/mol. The Labute approximate surface area is 125 Å². The first-order chi connectivity index (χ1) is 10.5. The molecule has 0 saturated carbocycles. The third-order valence-corrected chi connectivity index (χ3v) is 4.72. The molecule has 22 heavy (non-hydrogen) atoms. The highest BCUT2D eigenvalue weighted by Crippen LogP contribution is 2.19. The van der Waals surface area contributed by atoms with Gasteiger partial charge < -0.3 is 4.98 Å². The fraction of sp³-hybridized carbons (Fsp3) is 0.0667. The van der Waals surface area contributed by atoms with E-state index < -0.39 is 26.6 Å². The van der Waals surface area contributed by atoms with Gasteiger partial charge in [-0.2, -0.15) is 0 Å². The van der Waals surface area contributed by atoms with Gasteiger partial charge in [-0.15, -0.1) is 0 Å². The van der Waals surface area contributed by atoms with Gasteiger partial charge in [-0.25, -0.2) is 21.9 Å². The van der Waals surface area contributed by atoms with Gasteiger partial charge in [-0.3, -0.25) is 0 Å². The van der Waals surface area contributed by atoms with Gasteiger partial charge in [-0.1, -0.05) is 12.1 Å². The molecule has 0 atom stereocenters. The number of aromatic nitrogens is 1. The molecule has 0 amide bonds. The van der Waals surface area contributed by atoms with Crippen molar-refractivity contribution < 1.29 is 17.2 Å². The fourth-order valence-corrected chi connectivity index (χ4v) is 3.35. The molecule has 7 heteroatoms. The first-order valence-corrected chi connectivity index (χ1v) is 7.95. The summed E-state index contributed by atoms with van der Waals surface area (Å²) in [5.41, 5.74) is 1.61. The molecule has 114 valence electrons. The number of hydrogen-bond donors (Lipinski definition) is 2. The number of benzene rings is 2. The maximum Gasteiger partial charge on any atom is 0.246 e. The van der Waals surface area contributed by atoms with Crippen molar-refractivity contribution in [3.05, 3.63) is 65.9 Å². The minimum atomic E-state index is -4.27. The van der Waals surface area contributed by atoms with Gasteiger partial charge in [-0.05, 0) is 41.3 Å². The molecule has 1 aromatic heterocycles. The van der Waals surface area contributed by atoms with E-state index in [0.29, 0.717) is 5.56 Å². The van der Waals surface area contributed by atoms with Crippen LogP contribution in [0.2, 0.25) is 0 Å². The molecule has 4 nitrogen and oxygen atoms in total. The summed E-state index contributed by atoms with van der Waals surface area (Å²) >= 11 is 0. The normalized spacial score (nSPS) is 11.9. The van der Waals surface area contributed by atoms with E-state index >= 15 is 0 Å². The second-order valence-corrected chi connectivity index (χ2v) is 6.48. The molecule has 0 aliphatic heterocycles. The Morgan fingerprint density at radius 2 is 1.77 bits per heavy atom. The van der Waals surface area contributed by atoms with Crippen molar-refractivity contribution in [3.63, 3.8) is 0 Å². The Hall–Kier alpha value is -2.25. The van der Waals surface area contributed by atoms with E-state index in [1.54, 1.807) is 18.3 Å². The number of nitrogens with one attached hydrogen (secondary N) is 2. The van der Waals surface area contributed by atoms with Gasteiger partial charge in [0.25, 0.3) is 0 Å². The standard InChI is InChI=1S/C15H12F2N2O2S/c16-12-2-1-3-13(17)15(12)22(20,21)19-9-10-4-5-14-11(8-10)6-7-18-14/h1-8,18-19H,9H2. The van der Waals surface area contributed by atoms with Crippen molar-refractivity contribution in [1.82, 2.24) is 9.71 Å². The number of rotatable bonds is 4. The summed E-state index contributed by atoms with van der Waals surface area (Å²) in [6.07, 6.45) is 1.77. The van der Waals surface area contributed by atoms with E-state index in [1.165, 1.54) is 0 Å². The molecule has 3 rings (SSSR count). The Bertz CT molecular complexity index is 915. The number of fused-ring (bicyclic) bond motifs is 1. The van der Waals surface area contributed by atoms with Crippen LogP contribution in [-0.2, 0) is 16.6 Å². The Balaban J connectivity index is 1.85. The van der Waals surface area contributed by atoms with Crippen molar-refractivity contribution in [2.45, 2.75) is 11.4 Å². The molecular formula is C15H12F2N2O2S. The van der Waals surface area contributed by atoms with Crippen molar-refractivity contribution >= 4 is 20.9 Å². The van der Waals surface area contributed by atoms with Gasteiger partial charge in [0.1, 0.15) is 11.6 Å². The maximum atomic E-state index is 13.6. The summed E-state index contributed by atoms with van der Waals surface area (Å²) in [5, 5.41) is 0.925. The summed E-state index contributed by atoms with van der Waals surface area (Å²) in [4.78, 5) is 2.06. The van der Waals surface area contributed by atoms with E-state index in [9.17, 15) is 17.2 Å². The van der Waals surface area contributed by atoms with Crippen molar-refractivity contribution in [1.29, 1.82) is 0 Å². The predicted octanol–water partition coefficient (Wildman–Crippen LogP) is 2.92. The molecule has 0 aliphatic rings. The van der Waals surface area contributed by atoms with Crippen molar-refractivity contribution in [2.24, 2.45) is 0 Å². The van der Waals surface area contributed by atoms with Gasteiger partial charge in [0, 0.05) is 18.3 Å². The molecule has 0 bridgehead atoms. The third-order valence-electron chi connectivity index (χ3n) is 3.27. The summed E-state index contributed by atoms with van der Waals surface area (Å²) < 4.78 is 53.5. The minimum Gasteiger partial charge on any atom is -0.361 e. The summed E-state index contributed by atoms with van der Waals surface area (Å²) in [6, 6.07) is 10.1. The van der Waals surface area contributed by atoms with Gasteiger partial charge >= 0.3 is 0 Å². The second kappa shape index (κ2) is 5.51. The molecule has 0 spiro atoms. The van der Waals surface area contributed by atoms with Crippen LogP contribution in [0.15, 0.2) is 53.6 Å². The lowest BCUT2D eigenvalue weighted by molar-refractivity contribution is 0.514. The van der Waals surface area contributed by atoms with E-state index in [0.717, 1.165) is 29.1 Å². The summed E-state index contributed by atoms with van der Waals surface area (Å²) in [7, 11) is -4.27.